The molecular weight excluding hydrogens is 655 g/mol. The molecule has 13 nitrogen and oxygen atoms in total. The number of benzene rings is 2. The molecular formula is C30H32F3NO12S. The Hall–Kier alpha value is -5.03. The maximum Gasteiger partial charge on any atom is 0.450 e. The predicted molar refractivity (Wildman–Crippen MR) is 162 cm³/mol. The van der Waals surface area contributed by atoms with Crippen molar-refractivity contribution in [3.8, 4) is 0 Å². The number of nitrogens with zero attached hydrogens (tertiary/aromatic N) is 1. The van der Waals surface area contributed by atoms with Gasteiger partial charge in [-0.1, -0.05) is 25.1 Å². The Labute approximate surface area is 266 Å². The van der Waals surface area contributed by atoms with Crippen LogP contribution in [0.25, 0.3) is 6.08 Å². The fraction of sp³-hybridized carbons (Fsp3) is 0.300. The number of furan rings is 1. The summed E-state index contributed by atoms with van der Waals surface area (Å²) in [5, 5.41) is 35.8. The largest absolute Gasteiger partial charge is 0.478 e. The van der Waals surface area contributed by atoms with Gasteiger partial charge in [0.2, 0.25) is 5.76 Å². The summed E-state index contributed by atoms with van der Waals surface area (Å²) in [6, 6.07) is 10.7. The fourth-order valence-electron chi connectivity index (χ4n) is 4.00. The topological polar surface area (TPSA) is 223 Å². The van der Waals surface area contributed by atoms with Gasteiger partial charge in [0.15, 0.2) is 0 Å². The molecule has 0 bridgehead atoms. The van der Waals surface area contributed by atoms with E-state index in [1.54, 1.807) is 13.0 Å². The molecule has 0 spiro atoms. The van der Waals surface area contributed by atoms with E-state index in [-0.39, 0.29) is 22.8 Å². The van der Waals surface area contributed by atoms with Crippen LogP contribution in [-0.4, -0.2) is 56.9 Å². The van der Waals surface area contributed by atoms with Crippen LogP contribution in [0.2, 0.25) is 0 Å². The molecule has 0 aliphatic heterocycles. The van der Waals surface area contributed by atoms with Crippen LogP contribution >= 0.6 is 0 Å². The highest BCUT2D eigenvalue weighted by Gasteiger charge is 2.40. The highest BCUT2D eigenvalue weighted by atomic mass is 32.2. The van der Waals surface area contributed by atoms with Gasteiger partial charge in [-0.05, 0) is 80.5 Å². The second-order valence-corrected chi connectivity index (χ2v) is 11.4. The van der Waals surface area contributed by atoms with E-state index >= 15 is 0 Å². The Kier molecular flexibility index (Phi) is 15.0. The van der Waals surface area contributed by atoms with E-state index in [0.717, 1.165) is 24.5 Å². The number of aryl methyl sites for hydroxylation is 4. The summed E-state index contributed by atoms with van der Waals surface area (Å²) in [7, 11) is -3.67. The Morgan fingerprint density at radius 3 is 2.02 bits per heavy atom. The number of carbonyl (C=O) groups is 3. The third kappa shape index (κ3) is 14.3. The molecule has 3 aromatic rings. The second-order valence-electron chi connectivity index (χ2n) is 9.81. The molecule has 0 saturated carbocycles. The molecule has 0 radical (unpaired) electrons. The van der Waals surface area contributed by atoms with Crippen molar-refractivity contribution in [2.45, 2.75) is 52.6 Å². The maximum absolute atomic E-state index is 12.1. The van der Waals surface area contributed by atoms with Crippen LogP contribution < -0.4 is 0 Å². The quantitative estimate of drug-likeness (QED) is 0.0909. The minimum Gasteiger partial charge on any atom is -0.478 e. The van der Waals surface area contributed by atoms with E-state index in [4.69, 9.17) is 19.9 Å². The lowest BCUT2D eigenvalue weighted by atomic mass is 10.1. The fourth-order valence-corrected chi connectivity index (χ4v) is 4.51. The van der Waals surface area contributed by atoms with E-state index in [1.165, 1.54) is 55.7 Å². The molecule has 1 aromatic heterocycles. The van der Waals surface area contributed by atoms with Crippen LogP contribution in [0, 0.1) is 24.0 Å². The lowest BCUT2D eigenvalue weighted by Crippen LogP contribution is -2.09. The lowest BCUT2D eigenvalue weighted by molar-refractivity contribution is -0.385. The Morgan fingerprint density at radius 2 is 1.60 bits per heavy atom. The SMILES string of the molecule is CCCS(=O)(=O)O.Cc1cc(C(=O)O)c(C(F)(F)F)o1.Cc1cc(C(=O)O)ccc1[N+](=O)[O-].O=C(O)C=Cc1ccc2c(c1)CCC2. The van der Waals surface area contributed by atoms with Crippen molar-refractivity contribution in [1.29, 1.82) is 0 Å². The number of hydrogen-bond acceptors (Lipinski definition) is 8. The monoisotopic (exact) mass is 687 g/mol. The van der Waals surface area contributed by atoms with Crippen LogP contribution in [0.5, 0.6) is 0 Å². The van der Waals surface area contributed by atoms with Crippen LogP contribution in [-0.2, 0) is 33.9 Å². The first-order valence-electron chi connectivity index (χ1n) is 13.5. The van der Waals surface area contributed by atoms with Gasteiger partial charge in [0.1, 0.15) is 11.3 Å². The number of aromatic carboxylic acids is 2. The Bertz CT molecular complexity index is 1730. The van der Waals surface area contributed by atoms with Crippen LogP contribution in [0.15, 0.2) is 53.0 Å². The molecule has 0 fully saturated rings. The molecule has 256 valence electrons. The molecule has 0 atom stereocenters. The van der Waals surface area contributed by atoms with E-state index in [1.807, 2.05) is 6.07 Å². The number of halogens is 3. The summed E-state index contributed by atoms with van der Waals surface area (Å²) in [5.41, 5.74) is 3.26. The van der Waals surface area contributed by atoms with E-state index in [9.17, 15) is 46.1 Å². The number of nitro benzene ring substituents is 1. The minimum atomic E-state index is -4.76. The second kappa shape index (κ2) is 17.6. The average Bonchev–Trinajstić information content (AvgIpc) is 3.58. The maximum atomic E-state index is 12.1. The Morgan fingerprint density at radius 1 is 0.979 bits per heavy atom. The third-order valence-electron chi connectivity index (χ3n) is 5.99. The Balaban J connectivity index is 0.000000322. The summed E-state index contributed by atoms with van der Waals surface area (Å²) in [5.74, 6) is -5.30. The van der Waals surface area contributed by atoms with E-state index in [0.29, 0.717) is 12.0 Å². The van der Waals surface area contributed by atoms with Crippen LogP contribution in [0.3, 0.4) is 0 Å². The van der Waals surface area contributed by atoms with E-state index in [2.05, 4.69) is 16.5 Å². The third-order valence-corrected chi connectivity index (χ3v) is 6.91. The highest BCUT2D eigenvalue weighted by molar-refractivity contribution is 7.85. The molecule has 0 unspecified atom stereocenters. The summed E-state index contributed by atoms with van der Waals surface area (Å²) in [4.78, 5) is 40.9. The molecule has 1 aliphatic carbocycles. The van der Waals surface area contributed by atoms with Crippen molar-refractivity contribution >= 4 is 39.8 Å². The van der Waals surface area contributed by atoms with Gasteiger partial charge >= 0.3 is 24.1 Å². The summed E-state index contributed by atoms with van der Waals surface area (Å²) < 4.78 is 68.0. The van der Waals surface area contributed by atoms with Gasteiger partial charge in [-0.15, -0.1) is 0 Å². The van der Waals surface area contributed by atoms with E-state index < -0.39 is 50.4 Å². The highest BCUT2D eigenvalue weighted by Crippen LogP contribution is 2.34. The first-order valence-corrected chi connectivity index (χ1v) is 15.1. The molecule has 1 aliphatic rings. The number of carboxylic acid groups (broad SMARTS) is 3. The molecule has 17 heteroatoms. The number of carboxylic acids is 3. The average molecular weight is 688 g/mol. The van der Waals surface area contributed by atoms with Crippen molar-refractivity contribution in [2.75, 3.05) is 5.75 Å². The molecule has 4 N–H and O–H groups in total. The molecule has 0 saturated heterocycles. The van der Waals surface area contributed by atoms with Gasteiger partial charge in [0, 0.05) is 17.7 Å². The predicted octanol–water partition coefficient (Wildman–Crippen LogP) is 6.46. The van der Waals surface area contributed by atoms with Crippen molar-refractivity contribution in [3.63, 3.8) is 0 Å². The number of aliphatic carboxylic acids is 1. The van der Waals surface area contributed by atoms with Crippen molar-refractivity contribution < 1.29 is 65.2 Å². The van der Waals surface area contributed by atoms with Crippen LogP contribution in [0.4, 0.5) is 18.9 Å². The number of rotatable bonds is 7. The van der Waals surface area contributed by atoms with Gasteiger partial charge in [0.05, 0.1) is 16.2 Å². The molecule has 2 aromatic carbocycles. The van der Waals surface area contributed by atoms with Gasteiger partial charge in [-0.3, -0.25) is 14.7 Å². The number of nitro groups is 1. The first kappa shape index (κ1) is 40.0. The molecule has 0 amide bonds. The number of alkyl halides is 3. The summed E-state index contributed by atoms with van der Waals surface area (Å²) in [6.45, 7) is 4.44. The van der Waals surface area contributed by atoms with Gasteiger partial charge in [-0.2, -0.15) is 21.6 Å². The molecule has 47 heavy (non-hydrogen) atoms. The zero-order valence-electron chi connectivity index (χ0n) is 25.3. The number of fused-ring (bicyclic) bond motifs is 1. The van der Waals surface area contributed by atoms with Crippen molar-refractivity contribution in [2.24, 2.45) is 0 Å². The zero-order valence-corrected chi connectivity index (χ0v) is 26.1. The number of hydrogen-bond donors (Lipinski definition) is 4. The van der Waals surface area contributed by atoms with Gasteiger partial charge < -0.3 is 19.7 Å². The smallest absolute Gasteiger partial charge is 0.450 e. The molecule has 4 rings (SSSR count). The van der Waals surface area contributed by atoms with Crippen molar-refractivity contribution in [3.05, 3.63) is 104 Å². The normalized spacial score (nSPS) is 12.0. The van der Waals surface area contributed by atoms with Crippen molar-refractivity contribution in [1.82, 2.24) is 0 Å². The zero-order chi connectivity index (χ0) is 36.1. The minimum absolute atomic E-state index is 0.0584. The first-order chi connectivity index (χ1) is 21.7. The summed E-state index contributed by atoms with van der Waals surface area (Å²) in [6.07, 6.45) is 2.04. The summed E-state index contributed by atoms with van der Waals surface area (Å²) >= 11 is 0. The van der Waals surface area contributed by atoms with Crippen LogP contribution in [0.1, 0.15) is 74.3 Å². The molecule has 1 heterocycles. The van der Waals surface area contributed by atoms with Gasteiger partial charge in [0.25, 0.3) is 15.8 Å². The standard InChI is InChI=1S/C12H12O2.C8H7NO4.C7H5F3O3.C3H8O3S/c13-12(14)7-5-9-4-6-10-2-1-3-11(10)8-9;1-5-4-6(8(10)11)2-3-7(5)9(12)13;1-3-2-4(6(11)12)5(13-3)7(8,9)10;1-2-3-7(4,5)6/h4-8H,1-3H2,(H,13,14);2-4H,1H3,(H,10,11);2H,1H3,(H,11,12);2-3H2,1H3,(H,4,5,6). The van der Waals surface area contributed by atoms with Gasteiger partial charge in [-0.25, -0.2) is 14.4 Å². The lowest BCUT2D eigenvalue weighted by Gasteiger charge is -2.02.